The van der Waals surface area contributed by atoms with E-state index in [4.69, 9.17) is 21.1 Å². The lowest BCUT2D eigenvalue weighted by Crippen LogP contribution is -2.43. The minimum atomic E-state index is -0.606. The molecule has 1 heterocycles. The Balaban J connectivity index is 2.40. The van der Waals surface area contributed by atoms with Crippen LogP contribution in [0.25, 0.3) is 0 Å². The van der Waals surface area contributed by atoms with E-state index >= 15 is 0 Å². The molecule has 0 aliphatic carbocycles. The van der Waals surface area contributed by atoms with E-state index in [1.165, 1.54) is 14.2 Å². The zero-order valence-electron chi connectivity index (χ0n) is 10.4. The Morgan fingerprint density at radius 3 is 2.21 bits per heavy atom. The Morgan fingerprint density at radius 1 is 1.11 bits per heavy atom. The fraction of sp³-hybridized carbons (Fsp3) is 0.333. The average molecular weight is 286 g/mol. The number of cyclic esters (lactones) is 2. The number of esters is 2. The van der Waals surface area contributed by atoms with E-state index in [0.717, 1.165) is 0 Å². The largest absolute Gasteiger partial charge is 0.495 e. The van der Waals surface area contributed by atoms with Gasteiger partial charge in [-0.15, -0.1) is 0 Å². The summed E-state index contributed by atoms with van der Waals surface area (Å²) in [4.78, 5) is 24.1. The molecule has 0 N–H and O–H groups in total. The minimum absolute atomic E-state index is 0.0369. The van der Waals surface area contributed by atoms with Gasteiger partial charge in [-0.2, -0.15) is 0 Å². The predicted molar refractivity (Wildman–Crippen MR) is 67.9 cm³/mol. The topological polar surface area (TPSA) is 65.1 Å². The van der Waals surface area contributed by atoms with E-state index in [9.17, 15) is 9.59 Å². The summed E-state index contributed by atoms with van der Waals surface area (Å²) in [6, 6.07) is 3.19. The van der Waals surface area contributed by atoms with E-state index in [2.05, 4.69) is 4.74 Å². The highest BCUT2D eigenvalue weighted by Gasteiger charge is 2.27. The molecule has 6 nitrogen and oxygen atoms in total. The first kappa shape index (κ1) is 13.5. The second kappa shape index (κ2) is 5.36. The number of ether oxygens (including phenoxy) is 3. The van der Waals surface area contributed by atoms with Crippen LogP contribution < -0.4 is 14.4 Å². The Labute approximate surface area is 114 Å². The third kappa shape index (κ3) is 2.73. The van der Waals surface area contributed by atoms with Gasteiger partial charge in [-0.3, -0.25) is 0 Å². The molecule has 102 valence electrons. The zero-order valence-corrected chi connectivity index (χ0v) is 11.2. The standard InChI is InChI=1S/C12H12ClNO5/c1-17-9-4-10(18-2)8(3-7(9)13)14-5-11(15)19-12(16)6-14/h3-4H,5-6H2,1-2H3. The summed E-state index contributed by atoms with van der Waals surface area (Å²) in [6.45, 7) is -0.0739. The molecular formula is C12H12ClNO5. The van der Waals surface area contributed by atoms with Gasteiger partial charge in [0.05, 0.1) is 24.9 Å². The van der Waals surface area contributed by atoms with Crippen LogP contribution in [-0.4, -0.2) is 39.2 Å². The fourth-order valence-corrected chi connectivity index (χ4v) is 2.06. The van der Waals surface area contributed by atoms with Crippen LogP contribution in [0.5, 0.6) is 11.5 Å². The molecule has 0 amide bonds. The molecule has 7 heteroatoms. The Kier molecular flexibility index (Phi) is 3.80. The molecule has 1 fully saturated rings. The number of hydrogen-bond donors (Lipinski definition) is 0. The number of halogens is 1. The van der Waals surface area contributed by atoms with E-state index in [0.29, 0.717) is 22.2 Å². The van der Waals surface area contributed by atoms with Gasteiger partial charge in [0.25, 0.3) is 0 Å². The molecule has 0 bridgehead atoms. The van der Waals surface area contributed by atoms with Crippen molar-refractivity contribution >= 4 is 29.2 Å². The Bertz CT molecular complexity index is 515. The first-order valence-electron chi connectivity index (χ1n) is 5.45. The highest BCUT2D eigenvalue weighted by molar-refractivity contribution is 6.32. The van der Waals surface area contributed by atoms with Crippen LogP contribution >= 0.6 is 11.6 Å². The van der Waals surface area contributed by atoms with E-state index < -0.39 is 11.9 Å². The maximum Gasteiger partial charge on any atom is 0.333 e. The number of nitrogens with zero attached hydrogens (tertiary/aromatic N) is 1. The maximum absolute atomic E-state index is 11.3. The highest BCUT2D eigenvalue weighted by atomic mass is 35.5. The molecule has 0 spiro atoms. The van der Waals surface area contributed by atoms with E-state index in [1.807, 2.05) is 0 Å². The molecule has 0 aromatic heterocycles. The van der Waals surface area contributed by atoms with Crippen molar-refractivity contribution in [2.45, 2.75) is 0 Å². The molecule has 0 radical (unpaired) electrons. The molecule has 1 aliphatic rings. The normalized spacial score (nSPS) is 15.2. The van der Waals surface area contributed by atoms with Crippen LogP contribution in [0.15, 0.2) is 12.1 Å². The van der Waals surface area contributed by atoms with Crippen LogP contribution in [-0.2, 0) is 14.3 Å². The van der Waals surface area contributed by atoms with Crippen molar-refractivity contribution in [3.05, 3.63) is 17.2 Å². The van der Waals surface area contributed by atoms with Crippen molar-refractivity contribution in [1.82, 2.24) is 0 Å². The molecule has 1 aliphatic heterocycles. The van der Waals surface area contributed by atoms with Gasteiger partial charge in [-0.25, -0.2) is 9.59 Å². The Hall–Kier alpha value is -1.95. The number of hydrogen-bond acceptors (Lipinski definition) is 6. The third-order valence-corrected chi connectivity index (χ3v) is 2.96. The van der Waals surface area contributed by atoms with Crippen molar-refractivity contribution < 1.29 is 23.8 Å². The van der Waals surface area contributed by atoms with Gasteiger partial charge in [0.2, 0.25) is 0 Å². The van der Waals surface area contributed by atoms with Gasteiger partial charge in [-0.1, -0.05) is 11.6 Å². The summed E-state index contributed by atoms with van der Waals surface area (Å²) in [5.74, 6) is -0.299. The van der Waals surface area contributed by atoms with Crippen molar-refractivity contribution in [2.75, 3.05) is 32.2 Å². The van der Waals surface area contributed by atoms with Crippen molar-refractivity contribution in [3.63, 3.8) is 0 Å². The van der Waals surface area contributed by atoms with Gasteiger partial charge < -0.3 is 19.1 Å². The van der Waals surface area contributed by atoms with Crippen LogP contribution in [0.2, 0.25) is 5.02 Å². The summed E-state index contributed by atoms with van der Waals surface area (Å²) in [5, 5.41) is 0.365. The van der Waals surface area contributed by atoms with E-state index in [-0.39, 0.29) is 13.1 Å². The quantitative estimate of drug-likeness (QED) is 0.615. The van der Waals surface area contributed by atoms with Gasteiger partial charge in [0.1, 0.15) is 24.6 Å². The first-order valence-corrected chi connectivity index (χ1v) is 5.83. The van der Waals surface area contributed by atoms with Crippen molar-refractivity contribution in [2.24, 2.45) is 0 Å². The highest BCUT2D eigenvalue weighted by Crippen LogP contribution is 2.38. The number of benzene rings is 1. The summed E-state index contributed by atoms with van der Waals surface area (Å²) in [5.41, 5.74) is 0.540. The molecule has 19 heavy (non-hydrogen) atoms. The molecule has 1 saturated heterocycles. The van der Waals surface area contributed by atoms with Crippen molar-refractivity contribution in [3.8, 4) is 11.5 Å². The van der Waals surface area contributed by atoms with Gasteiger partial charge in [-0.05, 0) is 6.07 Å². The summed E-state index contributed by atoms with van der Waals surface area (Å²) in [6.07, 6.45) is 0. The van der Waals surface area contributed by atoms with Gasteiger partial charge in [0.15, 0.2) is 0 Å². The molecule has 0 unspecified atom stereocenters. The lowest BCUT2D eigenvalue weighted by atomic mass is 10.2. The molecule has 0 atom stereocenters. The smallest absolute Gasteiger partial charge is 0.333 e. The number of rotatable bonds is 3. The third-order valence-electron chi connectivity index (χ3n) is 2.66. The summed E-state index contributed by atoms with van der Waals surface area (Å²) >= 11 is 6.04. The van der Waals surface area contributed by atoms with E-state index in [1.54, 1.807) is 17.0 Å². The van der Waals surface area contributed by atoms with Gasteiger partial charge in [0, 0.05) is 6.07 Å². The number of morpholine rings is 1. The molecule has 0 saturated carbocycles. The maximum atomic E-state index is 11.3. The lowest BCUT2D eigenvalue weighted by Gasteiger charge is -2.28. The SMILES string of the molecule is COc1cc(OC)c(N2CC(=O)OC(=O)C2)cc1Cl. The lowest BCUT2D eigenvalue weighted by molar-refractivity contribution is -0.160. The minimum Gasteiger partial charge on any atom is -0.495 e. The number of methoxy groups -OCH3 is 2. The molecule has 2 rings (SSSR count). The summed E-state index contributed by atoms with van der Waals surface area (Å²) in [7, 11) is 2.97. The Morgan fingerprint density at radius 2 is 1.68 bits per heavy atom. The second-order valence-corrected chi connectivity index (χ2v) is 4.27. The van der Waals surface area contributed by atoms with Crippen LogP contribution in [0.3, 0.4) is 0 Å². The number of anilines is 1. The van der Waals surface area contributed by atoms with Crippen molar-refractivity contribution in [1.29, 1.82) is 0 Å². The van der Waals surface area contributed by atoms with Crippen LogP contribution in [0.1, 0.15) is 0 Å². The van der Waals surface area contributed by atoms with Crippen LogP contribution in [0, 0.1) is 0 Å². The first-order chi connectivity index (χ1) is 9.05. The zero-order chi connectivity index (χ0) is 14.0. The average Bonchev–Trinajstić information content (AvgIpc) is 2.37. The summed E-state index contributed by atoms with van der Waals surface area (Å²) < 4.78 is 14.8. The number of carbonyl (C=O) groups excluding carboxylic acids is 2. The number of carbonyl (C=O) groups is 2. The second-order valence-electron chi connectivity index (χ2n) is 3.86. The van der Waals surface area contributed by atoms with Gasteiger partial charge >= 0.3 is 11.9 Å². The molecule has 1 aromatic rings. The molecular weight excluding hydrogens is 274 g/mol. The monoisotopic (exact) mass is 285 g/mol. The van der Waals surface area contributed by atoms with Crippen LogP contribution in [0.4, 0.5) is 5.69 Å². The molecule has 1 aromatic carbocycles. The fourth-order valence-electron chi connectivity index (χ4n) is 1.82. The predicted octanol–water partition coefficient (Wildman–Crippen LogP) is 1.25.